The van der Waals surface area contributed by atoms with E-state index in [1.165, 1.54) is 44.1 Å². The minimum Gasteiger partial charge on any atom is -0.353 e. The number of hydrogen-bond donors (Lipinski definition) is 2. The summed E-state index contributed by atoms with van der Waals surface area (Å²) in [5.74, 6) is 0.518. The maximum atomic E-state index is 12.5. The van der Waals surface area contributed by atoms with Crippen molar-refractivity contribution in [3.8, 4) is 0 Å². The predicted molar refractivity (Wildman–Crippen MR) is 98.8 cm³/mol. The second kappa shape index (κ2) is 8.60. The van der Waals surface area contributed by atoms with Crippen LogP contribution in [0, 0.1) is 5.92 Å². The summed E-state index contributed by atoms with van der Waals surface area (Å²) in [4.78, 5) is 30.1. The molecule has 2 heterocycles. The van der Waals surface area contributed by atoms with Crippen LogP contribution in [0.4, 0.5) is 11.1 Å². The SMILES string of the molecule is CC(=O)Nc1nsc(N2CCC(C(=O)NC3CCCCCC3)CC2)n1. The van der Waals surface area contributed by atoms with Crippen LogP contribution in [0.25, 0.3) is 0 Å². The molecule has 1 aromatic rings. The third-order valence-corrected chi connectivity index (χ3v) is 5.82. The van der Waals surface area contributed by atoms with Crippen LogP contribution in [0.15, 0.2) is 0 Å². The molecule has 1 aliphatic carbocycles. The number of nitrogens with zero attached hydrogens (tertiary/aromatic N) is 3. The van der Waals surface area contributed by atoms with Gasteiger partial charge >= 0.3 is 0 Å². The first kappa shape index (κ1) is 18.1. The number of carbonyl (C=O) groups excluding carboxylic acids is 2. The second-order valence-corrected chi connectivity index (χ2v) is 7.77. The molecule has 1 saturated heterocycles. The largest absolute Gasteiger partial charge is 0.353 e. The van der Waals surface area contributed by atoms with Gasteiger partial charge in [-0.1, -0.05) is 25.7 Å². The summed E-state index contributed by atoms with van der Waals surface area (Å²) in [7, 11) is 0. The molecule has 8 heteroatoms. The third-order valence-electron chi connectivity index (χ3n) is 5.04. The molecule has 2 N–H and O–H groups in total. The number of amides is 2. The molecule has 2 aliphatic rings. The Morgan fingerprint density at radius 2 is 1.76 bits per heavy atom. The van der Waals surface area contributed by atoms with Gasteiger partial charge in [0.25, 0.3) is 0 Å². The van der Waals surface area contributed by atoms with Crippen molar-refractivity contribution in [1.29, 1.82) is 0 Å². The van der Waals surface area contributed by atoms with E-state index >= 15 is 0 Å². The molecule has 0 bridgehead atoms. The highest BCUT2D eigenvalue weighted by molar-refractivity contribution is 7.09. The maximum Gasteiger partial charge on any atom is 0.243 e. The Hall–Kier alpha value is -1.70. The molecule has 3 rings (SSSR count). The van der Waals surface area contributed by atoms with E-state index in [0.29, 0.717) is 12.0 Å². The number of aromatic nitrogens is 2. The minimum absolute atomic E-state index is 0.0993. The average Bonchev–Trinajstić information content (AvgIpc) is 2.90. The number of carbonyl (C=O) groups is 2. The Kier molecular flexibility index (Phi) is 6.23. The Balaban J connectivity index is 1.46. The molecular weight excluding hydrogens is 338 g/mol. The van der Waals surface area contributed by atoms with Gasteiger partial charge in [-0.2, -0.15) is 9.36 Å². The zero-order valence-corrected chi connectivity index (χ0v) is 15.6. The van der Waals surface area contributed by atoms with Crippen LogP contribution in [0.2, 0.25) is 0 Å². The number of hydrogen-bond acceptors (Lipinski definition) is 6. The number of rotatable bonds is 4. The molecule has 7 nitrogen and oxygen atoms in total. The van der Waals surface area contributed by atoms with E-state index in [1.807, 2.05) is 0 Å². The van der Waals surface area contributed by atoms with Gasteiger partial charge in [0, 0.05) is 43.5 Å². The van der Waals surface area contributed by atoms with E-state index in [-0.39, 0.29) is 17.7 Å². The molecule has 1 saturated carbocycles. The van der Waals surface area contributed by atoms with E-state index in [9.17, 15) is 9.59 Å². The lowest BCUT2D eigenvalue weighted by Gasteiger charge is -2.31. The topological polar surface area (TPSA) is 87.2 Å². The molecule has 0 aromatic carbocycles. The first-order valence-electron chi connectivity index (χ1n) is 9.28. The van der Waals surface area contributed by atoms with Gasteiger partial charge in [0.1, 0.15) is 0 Å². The fourth-order valence-corrected chi connectivity index (χ4v) is 4.31. The van der Waals surface area contributed by atoms with Crippen molar-refractivity contribution in [1.82, 2.24) is 14.7 Å². The zero-order valence-electron chi connectivity index (χ0n) is 14.8. The van der Waals surface area contributed by atoms with Crippen LogP contribution in [0.1, 0.15) is 58.3 Å². The lowest BCUT2D eigenvalue weighted by Crippen LogP contribution is -2.43. The number of nitrogens with one attached hydrogen (secondary N) is 2. The summed E-state index contributed by atoms with van der Waals surface area (Å²) in [6.07, 6.45) is 9.00. The fourth-order valence-electron chi connectivity index (χ4n) is 3.63. The normalized spacial score (nSPS) is 20.1. The molecule has 2 amide bonds. The van der Waals surface area contributed by atoms with Crippen molar-refractivity contribution in [2.45, 2.75) is 64.3 Å². The quantitative estimate of drug-likeness (QED) is 0.801. The van der Waals surface area contributed by atoms with Crippen molar-refractivity contribution in [2.75, 3.05) is 23.3 Å². The van der Waals surface area contributed by atoms with Gasteiger partial charge in [-0.15, -0.1) is 0 Å². The van der Waals surface area contributed by atoms with Gasteiger partial charge in [-0.3, -0.25) is 14.9 Å². The molecule has 138 valence electrons. The van der Waals surface area contributed by atoms with Crippen LogP contribution < -0.4 is 15.5 Å². The van der Waals surface area contributed by atoms with Crippen molar-refractivity contribution in [3.05, 3.63) is 0 Å². The van der Waals surface area contributed by atoms with Gasteiger partial charge in [-0.25, -0.2) is 0 Å². The standard InChI is InChI=1S/C17H27N5O2S/c1-12(23)18-16-20-17(25-21-16)22-10-8-13(9-11-22)15(24)19-14-6-4-2-3-5-7-14/h13-14H,2-11H2,1H3,(H,19,24)(H,18,21,23). The molecule has 2 fully saturated rings. The Labute approximate surface area is 152 Å². The minimum atomic E-state index is -0.168. The first-order valence-corrected chi connectivity index (χ1v) is 10.1. The van der Waals surface area contributed by atoms with Crippen molar-refractivity contribution >= 4 is 34.4 Å². The smallest absolute Gasteiger partial charge is 0.243 e. The van der Waals surface area contributed by atoms with Gasteiger partial charge in [0.05, 0.1) is 0 Å². The summed E-state index contributed by atoms with van der Waals surface area (Å²) in [5.41, 5.74) is 0. The Bertz CT molecular complexity index is 590. The van der Waals surface area contributed by atoms with Crippen LogP contribution in [-0.4, -0.2) is 40.3 Å². The van der Waals surface area contributed by atoms with Gasteiger partial charge in [-0.05, 0) is 25.7 Å². The van der Waals surface area contributed by atoms with Gasteiger partial charge in [0.2, 0.25) is 22.9 Å². The van der Waals surface area contributed by atoms with Crippen molar-refractivity contribution in [2.24, 2.45) is 5.92 Å². The fraction of sp³-hybridized carbons (Fsp3) is 0.765. The molecular formula is C17H27N5O2S. The van der Waals surface area contributed by atoms with E-state index < -0.39 is 0 Å². The Morgan fingerprint density at radius 3 is 2.40 bits per heavy atom. The third kappa shape index (κ3) is 5.14. The molecule has 0 radical (unpaired) electrons. The van der Waals surface area contributed by atoms with Crippen LogP contribution in [-0.2, 0) is 9.59 Å². The van der Waals surface area contributed by atoms with Crippen LogP contribution in [0.5, 0.6) is 0 Å². The Morgan fingerprint density at radius 1 is 1.08 bits per heavy atom. The summed E-state index contributed by atoms with van der Waals surface area (Å²) >= 11 is 1.29. The van der Waals surface area contributed by atoms with E-state index in [0.717, 1.165) is 43.9 Å². The number of piperidine rings is 1. The van der Waals surface area contributed by atoms with E-state index in [4.69, 9.17) is 0 Å². The van der Waals surface area contributed by atoms with Crippen molar-refractivity contribution in [3.63, 3.8) is 0 Å². The lowest BCUT2D eigenvalue weighted by atomic mass is 9.95. The summed E-state index contributed by atoms with van der Waals surface area (Å²) in [5, 5.41) is 6.69. The molecule has 0 unspecified atom stereocenters. The van der Waals surface area contributed by atoms with E-state index in [2.05, 4.69) is 24.9 Å². The van der Waals surface area contributed by atoms with Crippen molar-refractivity contribution < 1.29 is 9.59 Å². The zero-order chi connectivity index (χ0) is 17.6. The molecule has 0 atom stereocenters. The average molecular weight is 366 g/mol. The lowest BCUT2D eigenvalue weighted by molar-refractivity contribution is -0.126. The molecule has 25 heavy (non-hydrogen) atoms. The van der Waals surface area contributed by atoms with Gasteiger partial charge in [0.15, 0.2) is 0 Å². The predicted octanol–water partition coefficient (Wildman–Crippen LogP) is 2.55. The monoisotopic (exact) mass is 365 g/mol. The molecule has 1 aromatic heterocycles. The summed E-state index contributed by atoms with van der Waals surface area (Å²) in [6.45, 7) is 3.05. The highest BCUT2D eigenvalue weighted by atomic mass is 32.1. The maximum absolute atomic E-state index is 12.5. The van der Waals surface area contributed by atoms with Crippen LogP contribution in [0.3, 0.4) is 0 Å². The van der Waals surface area contributed by atoms with Crippen LogP contribution >= 0.6 is 11.5 Å². The summed E-state index contributed by atoms with van der Waals surface area (Å²) < 4.78 is 4.15. The van der Waals surface area contributed by atoms with Gasteiger partial charge < -0.3 is 10.2 Å². The number of anilines is 2. The summed E-state index contributed by atoms with van der Waals surface area (Å²) in [6, 6.07) is 0.372. The highest BCUT2D eigenvalue weighted by Crippen LogP contribution is 2.26. The first-order chi connectivity index (χ1) is 12.1. The molecule has 0 spiro atoms. The van der Waals surface area contributed by atoms with E-state index in [1.54, 1.807) is 0 Å². The second-order valence-electron chi connectivity index (χ2n) is 7.04. The molecule has 1 aliphatic heterocycles. The highest BCUT2D eigenvalue weighted by Gasteiger charge is 2.28.